The van der Waals surface area contributed by atoms with Crippen molar-refractivity contribution in [1.82, 2.24) is 15.3 Å². The molecule has 0 aliphatic heterocycles. The van der Waals surface area contributed by atoms with Crippen LogP contribution in [0.2, 0.25) is 0 Å². The van der Waals surface area contributed by atoms with Gasteiger partial charge >= 0.3 is 12.4 Å². The topological polar surface area (TPSA) is 84.1 Å². The highest BCUT2D eigenvalue weighted by molar-refractivity contribution is 7.13. The first-order valence-electron chi connectivity index (χ1n) is 9.26. The highest BCUT2D eigenvalue weighted by Crippen LogP contribution is 2.37. The van der Waals surface area contributed by atoms with E-state index in [-0.39, 0.29) is 34.5 Å². The summed E-state index contributed by atoms with van der Waals surface area (Å²) in [6.07, 6.45) is -8.01. The van der Waals surface area contributed by atoms with Crippen LogP contribution in [0.3, 0.4) is 0 Å². The van der Waals surface area contributed by atoms with Gasteiger partial charge in [0.1, 0.15) is 17.1 Å². The lowest BCUT2D eigenvalue weighted by molar-refractivity contribution is -0.150. The van der Waals surface area contributed by atoms with Crippen LogP contribution < -0.4 is 16.0 Å². The highest BCUT2D eigenvalue weighted by atomic mass is 32.1. The van der Waals surface area contributed by atoms with E-state index in [2.05, 4.69) is 15.3 Å². The number of hydrogen-bond acceptors (Lipinski definition) is 6. The molecule has 1 saturated carbocycles. The molecular formula is C18H19F6N5OS. The van der Waals surface area contributed by atoms with E-state index in [1.807, 2.05) is 0 Å². The molecule has 0 atom stereocenters. The van der Waals surface area contributed by atoms with Gasteiger partial charge in [-0.3, -0.25) is 4.79 Å². The molecule has 0 bridgehead atoms. The monoisotopic (exact) mass is 467 g/mol. The molecule has 1 amide bonds. The van der Waals surface area contributed by atoms with Gasteiger partial charge < -0.3 is 16.0 Å². The second-order valence-electron chi connectivity index (χ2n) is 7.25. The summed E-state index contributed by atoms with van der Waals surface area (Å²) in [4.78, 5) is 20.2. The molecular weight excluding hydrogens is 448 g/mol. The first-order chi connectivity index (χ1) is 14.3. The van der Waals surface area contributed by atoms with Crippen molar-refractivity contribution in [3.05, 3.63) is 34.6 Å². The number of halogens is 6. The molecule has 2 aromatic heterocycles. The van der Waals surface area contributed by atoms with Crippen LogP contribution in [0.15, 0.2) is 17.5 Å². The molecule has 0 spiro atoms. The van der Waals surface area contributed by atoms with Gasteiger partial charge in [0.05, 0.1) is 0 Å². The van der Waals surface area contributed by atoms with E-state index in [1.165, 1.54) is 17.3 Å². The summed E-state index contributed by atoms with van der Waals surface area (Å²) in [7, 11) is 1.46. The molecule has 0 radical (unpaired) electrons. The summed E-state index contributed by atoms with van der Waals surface area (Å²) in [5.74, 6) is -0.372. The molecule has 2 heterocycles. The predicted octanol–water partition coefficient (Wildman–Crippen LogP) is 4.34. The Morgan fingerprint density at radius 2 is 1.61 bits per heavy atom. The lowest BCUT2D eigenvalue weighted by Gasteiger charge is -2.36. The number of amides is 1. The summed E-state index contributed by atoms with van der Waals surface area (Å²) in [5.41, 5.74) is 2.33. The Morgan fingerprint density at radius 3 is 2.06 bits per heavy atom. The molecule has 2 aromatic rings. The van der Waals surface area contributed by atoms with Gasteiger partial charge in [-0.05, 0) is 37.8 Å². The fourth-order valence-electron chi connectivity index (χ4n) is 3.48. The van der Waals surface area contributed by atoms with Crippen LogP contribution in [-0.4, -0.2) is 35.0 Å². The lowest BCUT2D eigenvalue weighted by Crippen LogP contribution is -2.43. The maximum atomic E-state index is 13.1. The van der Waals surface area contributed by atoms with E-state index in [0.717, 1.165) is 11.3 Å². The maximum absolute atomic E-state index is 13.1. The maximum Gasteiger partial charge on any atom is 0.433 e. The van der Waals surface area contributed by atoms with Gasteiger partial charge in [-0.15, -0.1) is 11.3 Å². The average molecular weight is 467 g/mol. The predicted molar refractivity (Wildman–Crippen MR) is 103 cm³/mol. The van der Waals surface area contributed by atoms with Crippen LogP contribution in [0.1, 0.15) is 47.6 Å². The zero-order valence-electron chi connectivity index (χ0n) is 16.2. The number of nitrogen functional groups attached to an aromatic ring is 1. The number of alkyl halides is 6. The normalized spacial score (nSPS) is 19.8. The number of nitrogens with one attached hydrogen (secondary N) is 1. The van der Waals surface area contributed by atoms with Crippen LogP contribution >= 0.6 is 11.3 Å². The van der Waals surface area contributed by atoms with Gasteiger partial charge in [0, 0.05) is 30.2 Å². The van der Waals surface area contributed by atoms with Crippen molar-refractivity contribution >= 4 is 28.1 Å². The van der Waals surface area contributed by atoms with E-state index >= 15 is 0 Å². The van der Waals surface area contributed by atoms with E-state index in [4.69, 9.17) is 5.73 Å². The van der Waals surface area contributed by atoms with Gasteiger partial charge in [-0.25, -0.2) is 9.97 Å². The summed E-state index contributed by atoms with van der Waals surface area (Å²) in [6, 6.07) is 0.785. The molecule has 0 unspecified atom stereocenters. The molecule has 3 rings (SSSR count). The summed E-state index contributed by atoms with van der Waals surface area (Å²) >= 11 is 1.14. The Kier molecular flexibility index (Phi) is 6.35. The molecule has 0 aromatic carbocycles. The standard InChI is InChI=1S/C18H19F6N5OS/c1-29(11-6-13(17(19,20)21)28-14(7-11)18(22,23)24)10-4-2-9(3-5-10)26-15(30)12-8-31-16(25)27-12/h6-10H,2-5H2,1H3,(H2,25,27)(H,26,30). The molecule has 1 fully saturated rings. The van der Waals surface area contributed by atoms with E-state index in [0.29, 0.717) is 37.8 Å². The Balaban J connectivity index is 1.68. The summed E-state index contributed by atoms with van der Waals surface area (Å²) in [6.45, 7) is 0. The van der Waals surface area contributed by atoms with E-state index < -0.39 is 23.7 Å². The Morgan fingerprint density at radius 1 is 1.06 bits per heavy atom. The smallest absolute Gasteiger partial charge is 0.375 e. The molecule has 1 aliphatic rings. The van der Waals surface area contributed by atoms with Gasteiger partial charge in [-0.1, -0.05) is 0 Å². The van der Waals surface area contributed by atoms with Crippen molar-refractivity contribution < 1.29 is 31.1 Å². The quantitative estimate of drug-likeness (QED) is 0.654. The van der Waals surface area contributed by atoms with E-state index in [1.54, 1.807) is 0 Å². The van der Waals surface area contributed by atoms with Crippen molar-refractivity contribution in [1.29, 1.82) is 0 Å². The third kappa shape index (κ3) is 5.57. The second-order valence-corrected chi connectivity index (χ2v) is 8.14. The lowest BCUT2D eigenvalue weighted by atomic mass is 9.90. The van der Waals surface area contributed by atoms with E-state index in [9.17, 15) is 31.1 Å². The van der Waals surface area contributed by atoms with Crippen LogP contribution in [-0.2, 0) is 12.4 Å². The van der Waals surface area contributed by atoms with Gasteiger partial charge in [0.2, 0.25) is 0 Å². The van der Waals surface area contributed by atoms with Crippen molar-refractivity contribution in [3.8, 4) is 0 Å². The minimum atomic E-state index is -5.00. The van der Waals surface area contributed by atoms with Crippen LogP contribution in [0.25, 0.3) is 0 Å². The summed E-state index contributed by atoms with van der Waals surface area (Å²) in [5, 5.41) is 4.63. The minimum Gasteiger partial charge on any atom is -0.375 e. The number of aromatic nitrogens is 2. The number of rotatable bonds is 4. The second kappa shape index (κ2) is 8.52. The fraction of sp³-hybridized carbons (Fsp3) is 0.500. The molecule has 3 N–H and O–H groups in total. The van der Waals surface area contributed by atoms with Crippen molar-refractivity contribution in [2.24, 2.45) is 0 Å². The average Bonchev–Trinajstić information content (AvgIpc) is 3.13. The number of pyridine rings is 1. The van der Waals surface area contributed by atoms with Gasteiger partial charge in [0.25, 0.3) is 5.91 Å². The number of carbonyl (C=O) groups excluding carboxylic acids is 1. The number of hydrogen-bond donors (Lipinski definition) is 2. The minimum absolute atomic E-state index is 0.172. The summed E-state index contributed by atoms with van der Waals surface area (Å²) < 4.78 is 78.3. The zero-order valence-corrected chi connectivity index (χ0v) is 17.0. The Hall–Kier alpha value is -2.57. The number of thiazole rings is 1. The molecule has 31 heavy (non-hydrogen) atoms. The van der Waals surface area contributed by atoms with Crippen LogP contribution in [0.5, 0.6) is 0 Å². The first kappa shape index (κ1) is 23.1. The number of nitrogens with zero attached hydrogens (tertiary/aromatic N) is 3. The van der Waals surface area contributed by atoms with Crippen molar-refractivity contribution in [3.63, 3.8) is 0 Å². The van der Waals surface area contributed by atoms with Crippen molar-refractivity contribution in [2.75, 3.05) is 17.7 Å². The fourth-order valence-corrected chi connectivity index (χ4v) is 4.02. The molecule has 13 heteroatoms. The molecule has 6 nitrogen and oxygen atoms in total. The third-order valence-corrected chi connectivity index (χ3v) is 5.81. The molecule has 0 saturated heterocycles. The SMILES string of the molecule is CN(c1cc(C(F)(F)F)nc(C(F)(F)F)c1)C1CCC(NC(=O)c2csc(N)n2)CC1. The zero-order chi connectivity index (χ0) is 23.0. The molecule has 170 valence electrons. The number of anilines is 2. The van der Waals surface area contributed by atoms with Crippen LogP contribution in [0, 0.1) is 0 Å². The van der Waals surface area contributed by atoms with Crippen LogP contribution in [0.4, 0.5) is 37.2 Å². The first-order valence-corrected chi connectivity index (χ1v) is 10.1. The highest BCUT2D eigenvalue weighted by Gasteiger charge is 2.39. The Bertz CT molecular complexity index is 904. The van der Waals surface area contributed by atoms with Gasteiger partial charge in [-0.2, -0.15) is 26.3 Å². The third-order valence-electron chi connectivity index (χ3n) is 5.13. The molecule has 1 aliphatic carbocycles. The number of carbonyl (C=O) groups is 1. The van der Waals surface area contributed by atoms with Crippen molar-refractivity contribution in [2.45, 2.75) is 50.1 Å². The largest absolute Gasteiger partial charge is 0.433 e. The Labute approximate surface area is 177 Å². The number of nitrogens with two attached hydrogens (primary N) is 1. The van der Waals surface area contributed by atoms with Gasteiger partial charge in [0.15, 0.2) is 5.13 Å².